The molecule has 1 aliphatic rings. The molecule has 3 heterocycles. The highest BCUT2D eigenvalue weighted by atomic mass is 16.1. The molecule has 1 aliphatic heterocycles. The van der Waals surface area contributed by atoms with Crippen LogP contribution in [0, 0.1) is 0 Å². The lowest BCUT2D eigenvalue weighted by molar-refractivity contribution is 0.0945. The second-order valence-electron chi connectivity index (χ2n) is 5.91. The topological polar surface area (TPSA) is 70.2 Å². The van der Waals surface area contributed by atoms with Gasteiger partial charge < -0.3 is 15.5 Å². The van der Waals surface area contributed by atoms with Gasteiger partial charge in [-0.25, -0.2) is 0 Å². The molecular weight excluding hydrogens is 302 g/mol. The average Bonchev–Trinajstić information content (AvgIpc) is 2.67. The van der Waals surface area contributed by atoms with Crippen molar-refractivity contribution in [3.8, 4) is 0 Å². The maximum Gasteiger partial charge on any atom is 0.270 e. The third-order valence-corrected chi connectivity index (χ3v) is 4.25. The molecule has 126 valence electrons. The summed E-state index contributed by atoms with van der Waals surface area (Å²) in [5.41, 5.74) is 2.32. The van der Waals surface area contributed by atoms with Crippen LogP contribution in [0.4, 0.5) is 5.69 Å². The fourth-order valence-electron chi connectivity index (χ4n) is 2.84. The second-order valence-corrected chi connectivity index (χ2v) is 5.91. The molecule has 2 aromatic rings. The number of hydrogen-bond acceptors (Lipinski definition) is 5. The number of carbonyl (C=O) groups is 1. The summed E-state index contributed by atoms with van der Waals surface area (Å²) in [5, 5.41) is 6.37. The van der Waals surface area contributed by atoms with E-state index in [0.717, 1.165) is 37.4 Å². The smallest absolute Gasteiger partial charge is 0.270 e. The molecule has 1 amide bonds. The molecule has 0 aromatic carbocycles. The Morgan fingerprint density at radius 3 is 3.04 bits per heavy atom. The van der Waals surface area contributed by atoms with Crippen LogP contribution in [0.1, 0.15) is 29.5 Å². The van der Waals surface area contributed by atoms with E-state index in [1.54, 1.807) is 12.4 Å². The lowest BCUT2D eigenvalue weighted by Crippen LogP contribution is -2.50. The highest BCUT2D eigenvalue weighted by molar-refractivity contribution is 5.93. The van der Waals surface area contributed by atoms with Crippen molar-refractivity contribution in [2.75, 3.05) is 24.5 Å². The van der Waals surface area contributed by atoms with Crippen molar-refractivity contribution in [1.29, 1.82) is 0 Å². The number of amides is 1. The van der Waals surface area contributed by atoms with Crippen molar-refractivity contribution in [1.82, 2.24) is 20.6 Å². The van der Waals surface area contributed by atoms with Gasteiger partial charge in [-0.3, -0.25) is 14.8 Å². The van der Waals surface area contributed by atoms with Gasteiger partial charge >= 0.3 is 0 Å². The standard InChI is InChI=1S/C18H23N5O/c1-2-14-13-23(10-9-20-14)16-6-8-21-17(11-16)18(24)22-12-15-5-3-4-7-19-15/h3-8,11,14,20H,2,9-10,12-13H2,1H3,(H,22,24)/t14-/m1/s1. The van der Waals surface area contributed by atoms with E-state index in [1.807, 2.05) is 30.3 Å². The molecule has 0 radical (unpaired) electrons. The van der Waals surface area contributed by atoms with E-state index in [4.69, 9.17) is 0 Å². The van der Waals surface area contributed by atoms with Crippen LogP contribution in [0.5, 0.6) is 0 Å². The van der Waals surface area contributed by atoms with E-state index in [-0.39, 0.29) is 5.91 Å². The monoisotopic (exact) mass is 325 g/mol. The number of nitrogens with one attached hydrogen (secondary N) is 2. The fourth-order valence-corrected chi connectivity index (χ4v) is 2.84. The SMILES string of the molecule is CC[C@@H]1CN(c2ccnc(C(=O)NCc3ccccn3)c2)CCN1. The summed E-state index contributed by atoms with van der Waals surface area (Å²) in [4.78, 5) is 23.1. The lowest BCUT2D eigenvalue weighted by Gasteiger charge is -2.35. The maximum atomic E-state index is 12.3. The van der Waals surface area contributed by atoms with Crippen LogP contribution in [0.15, 0.2) is 42.7 Å². The third-order valence-electron chi connectivity index (χ3n) is 4.25. The fraction of sp³-hybridized carbons (Fsp3) is 0.389. The van der Waals surface area contributed by atoms with Gasteiger partial charge in [0, 0.05) is 43.8 Å². The van der Waals surface area contributed by atoms with Crippen LogP contribution >= 0.6 is 0 Å². The van der Waals surface area contributed by atoms with E-state index in [1.165, 1.54) is 0 Å². The normalized spacial score (nSPS) is 17.5. The molecule has 24 heavy (non-hydrogen) atoms. The van der Waals surface area contributed by atoms with Gasteiger partial charge in [-0.1, -0.05) is 13.0 Å². The minimum atomic E-state index is -0.176. The van der Waals surface area contributed by atoms with Gasteiger partial charge in [0.25, 0.3) is 5.91 Å². The van der Waals surface area contributed by atoms with Crippen molar-refractivity contribution >= 4 is 11.6 Å². The molecule has 3 rings (SSSR count). The van der Waals surface area contributed by atoms with Gasteiger partial charge in [-0.05, 0) is 30.7 Å². The van der Waals surface area contributed by atoms with E-state index in [2.05, 4.69) is 32.4 Å². The summed E-state index contributed by atoms with van der Waals surface area (Å²) in [6.07, 6.45) is 4.52. The van der Waals surface area contributed by atoms with Crippen LogP contribution in [0.25, 0.3) is 0 Å². The van der Waals surface area contributed by atoms with Crippen molar-refractivity contribution in [2.45, 2.75) is 25.9 Å². The first-order chi connectivity index (χ1) is 11.8. The average molecular weight is 325 g/mol. The first-order valence-corrected chi connectivity index (χ1v) is 8.38. The van der Waals surface area contributed by atoms with Crippen molar-refractivity contribution in [2.24, 2.45) is 0 Å². The van der Waals surface area contributed by atoms with Gasteiger partial charge in [0.05, 0.1) is 12.2 Å². The van der Waals surface area contributed by atoms with Gasteiger partial charge in [-0.2, -0.15) is 0 Å². The molecule has 0 saturated carbocycles. The molecule has 1 fully saturated rings. The molecule has 0 aliphatic carbocycles. The van der Waals surface area contributed by atoms with Gasteiger partial charge in [0.2, 0.25) is 0 Å². The molecule has 0 bridgehead atoms. The Hall–Kier alpha value is -2.47. The summed E-state index contributed by atoms with van der Waals surface area (Å²) in [6, 6.07) is 9.97. The van der Waals surface area contributed by atoms with Gasteiger partial charge in [0.1, 0.15) is 5.69 Å². The number of aromatic nitrogens is 2. The minimum Gasteiger partial charge on any atom is -0.369 e. The van der Waals surface area contributed by atoms with Crippen LogP contribution in [-0.2, 0) is 6.54 Å². The third kappa shape index (κ3) is 4.08. The molecule has 2 aromatic heterocycles. The molecule has 6 nitrogen and oxygen atoms in total. The highest BCUT2D eigenvalue weighted by Crippen LogP contribution is 2.17. The van der Waals surface area contributed by atoms with E-state index in [0.29, 0.717) is 18.3 Å². The zero-order valence-corrected chi connectivity index (χ0v) is 13.9. The number of hydrogen-bond donors (Lipinski definition) is 2. The summed E-state index contributed by atoms with van der Waals surface area (Å²) in [5.74, 6) is -0.176. The van der Waals surface area contributed by atoms with E-state index >= 15 is 0 Å². The molecule has 6 heteroatoms. The lowest BCUT2D eigenvalue weighted by atomic mass is 10.1. The predicted molar refractivity (Wildman–Crippen MR) is 93.9 cm³/mol. The Morgan fingerprint density at radius 1 is 1.33 bits per heavy atom. The molecule has 2 N–H and O–H groups in total. The summed E-state index contributed by atoms with van der Waals surface area (Å²) in [7, 11) is 0. The first kappa shape index (κ1) is 16.4. The maximum absolute atomic E-state index is 12.3. The molecule has 0 unspecified atom stereocenters. The Kier molecular flexibility index (Phi) is 5.38. The Balaban J connectivity index is 1.65. The second kappa shape index (κ2) is 7.88. The number of nitrogens with zero attached hydrogens (tertiary/aromatic N) is 3. The molecular formula is C18H23N5O. The van der Waals surface area contributed by atoms with E-state index < -0.39 is 0 Å². The van der Waals surface area contributed by atoms with Crippen molar-refractivity contribution in [3.05, 3.63) is 54.1 Å². The number of pyridine rings is 2. The summed E-state index contributed by atoms with van der Waals surface area (Å²) >= 11 is 0. The Morgan fingerprint density at radius 2 is 2.25 bits per heavy atom. The minimum absolute atomic E-state index is 0.176. The highest BCUT2D eigenvalue weighted by Gasteiger charge is 2.19. The number of piperazine rings is 1. The Bertz CT molecular complexity index is 676. The van der Waals surface area contributed by atoms with Crippen LogP contribution in [0.2, 0.25) is 0 Å². The number of rotatable bonds is 5. The zero-order valence-electron chi connectivity index (χ0n) is 13.9. The predicted octanol–water partition coefficient (Wildman–Crippen LogP) is 1.59. The van der Waals surface area contributed by atoms with Gasteiger partial charge in [0.15, 0.2) is 0 Å². The molecule has 0 spiro atoms. The quantitative estimate of drug-likeness (QED) is 0.874. The van der Waals surface area contributed by atoms with Crippen LogP contribution in [0.3, 0.4) is 0 Å². The van der Waals surface area contributed by atoms with Crippen LogP contribution in [-0.4, -0.2) is 41.6 Å². The van der Waals surface area contributed by atoms with Crippen LogP contribution < -0.4 is 15.5 Å². The molecule has 1 saturated heterocycles. The summed E-state index contributed by atoms with van der Waals surface area (Å²) in [6.45, 7) is 5.44. The Labute approximate surface area is 142 Å². The largest absolute Gasteiger partial charge is 0.369 e. The number of carbonyl (C=O) groups excluding carboxylic acids is 1. The van der Waals surface area contributed by atoms with E-state index in [9.17, 15) is 4.79 Å². The zero-order chi connectivity index (χ0) is 16.8. The van der Waals surface area contributed by atoms with Crippen molar-refractivity contribution in [3.63, 3.8) is 0 Å². The molecule has 1 atom stereocenters. The first-order valence-electron chi connectivity index (χ1n) is 8.38. The summed E-state index contributed by atoms with van der Waals surface area (Å²) < 4.78 is 0. The van der Waals surface area contributed by atoms with Gasteiger partial charge in [-0.15, -0.1) is 0 Å². The number of anilines is 1. The van der Waals surface area contributed by atoms with Crippen molar-refractivity contribution < 1.29 is 4.79 Å².